The topological polar surface area (TPSA) is 59.6 Å². The first-order chi connectivity index (χ1) is 11.2. The summed E-state index contributed by atoms with van der Waals surface area (Å²) < 4.78 is 10.7. The van der Waals surface area contributed by atoms with E-state index in [0.717, 1.165) is 37.1 Å². The summed E-state index contributed by atoms with van der Waals surface area (Å²) in [6.07, 6.45) is 2.69. The molecule has 5 nitrogen and oxygen atoms in total. The second kappa shape index (κ2) is 9.53. The fraction of sp³-hybridized carbons (Fsp3) is 0.611. The first-order valence-corrected chi connectivity index (χ1v) is 8.41. The zero-order valence-electron chi connectivity index (χ0n) is 14.1. The molecule has 1 aliphatic rings. The SMILES string of the molecule is COCCCOc1cccc(CNC(=O)[C@H]2CCN[C@@H](C)C2)c1. The van der Waals surface area contributed by atoms with E-state index in [-0.39, 0.29) is 11.8 Å². The molecule has 2 rings (SSSR count). The van der Waals surface area contributed by atoms with E-state index in [0.29, 0.717) is 25.8 Å². The van der Waals surface area contributed by atoms with Crippen molar-refractivity contribution >= 4 is 5.91 Å². The number of nitrogens with one attached hydrogen (secondary N) is 2. The maximum absolute atomic E-state index is 12.3. The molecule has 0 spiro atoms. The molecule has 0 aliphatic carbocycles. The Kier molecular flexibility index (Phi) is 7.36. The van der Waals surface area contributed by atoms with Crippen LogP contribution in [0, 0.1) is 5.92 Å². The van der Waals surface area contributed by atoms with E-state index in [9.17, 15) is 4.79 Å². The lowest BCUT2D eigenvalue weighted by atomic mass is 9.92. The van der Waals surface area contributed by atoms with Crippen molar-refractivity contribution in [1.82, 2.24) is 10.6 Å². The van der Waals surface area contributed by atoms with Gasteiger partial charge >= 0.3 is 0 Å². The molecular formula is C18H28N2O3. The molecule has 0 unspecified atom stereocenters. The number of hydrogen-bond acceptors (Lipinski definition) is 4. The van der Waals surface area contributed by atoms with E-state index in [2.05, 4.69) is 17.6 Å². The Labute approximate surface area is 138 Å². The summed E-state index contributed by atoms with van der Waals surface area (Å²) in [5, 5.41) is 6.42. The van der Waals surface area contributed by atoms with Gasteiger partial charge < -0.3 is 20.1 Å². The lowest BCUT2D eigenvalue weighted by Gasteiger charge is -2.27. The van der Waals surface area contributed by atoms with Gasteiger partial charge in [0.2, 0.25) is 5.91 Å². The van der Waals surface area contributed by atoms with Gasteiger partial charge in [0.25, 0.3) is 0 Å². The highest BCUT2D eigenvalue weighted by atomic mass is 16.5. The van der Waals surface area contributed by atoms with Crippen molar-refractivity contribution in [2.24, 2.45) is 5.92 Å². The van der Waals surface area contributed by atoms with E-state index < -0.39 is 0 Å². The van der Waals surface area contributed by atoms with Crippen molar-refractivity contribution in [3.8, 4) is 5.75 Å². The van der Waals surface area contributed by atoms with Crippen molar-refractivity contribution in [2.75, 3.05) is 26.9 Å². The number of hydrogen-bond donors (Lipinski definition) is 2. The van der Waals surface area contributed by atoms with Crippen molar-refractivity contribution < 1.29 is 14.3 Å². The average Bonchev–Trinajstić information content (AvgIpc) is 2.57. The van der Waals surface area contributed by atoms with Crippen molar-refractivity contribution in [1.29, 1.82) is 0 Å². The van der Waals surface area contributed by atoms with E-state index in [4.69, 9.17) is 9.47 Å². The van der Waals surface area contributed by atoms with E-state index in [1.807, 2.05) is 24.3 Å². The quantitative estimate of drug-likeness (QED) is 0.720. The Hall–Kier alpha value is -1.59. The van der Waals surface area contributed by atoms with Crippen LogP contribution in [0.25, 0.3) is 0 Å². The van der Waals surface area contributed by atoms with Crippen LogP contribution in [0.2, 0.25) is 0 Å². The first kappa shape index (κ1) is 17.8. The number of ether oxygens (including phenoxy) is 2. The Balaban J connectivity index is 1.77. The van der Waals surface area contributed by atoms with Gasteiger partial charge in [-0.05, 0) is 44.0 Å². The molecular weight excluding hydrogens is 292 g/mol. The molecule has 0 bridgehead atoms. The zero-order valence-corrected chi connectivity index (χ0v) is 14.1. The van der Waals surface area contributed by atoms with Crippen molar-refractivity contribution in [2.45, 2.75) is 38.8 Å². The number of rotatable bonds is 8. The summed E-state index contributed by atoms with van der Waals surface area (Å²) in [4.78, 5) is 12.3. The van der Waals surface area contributed by atoms with Gasteiger partial charge in [-0.25, -0.2) is 0 Å². The van der Waals surface area contributed by atoms with Gasteiger partial charge in [-0.3, -0.25) is 4.79 Å². The Morgan fingerprint density at radius 1 is 1.39 bits per heavy atom. The van der Waals surface area contributed by atoms with Gasteiger partial charge in [0.1, 0.15) is 5.75 Å². The van der Waals surface area contributed by atoms with Crippen LogP contribution in [-0.2, 0) is 16.1 Å². The Morgan fingerprint density at radius 2 is 2.26 bits per heavy atom. The van der Waals surface area contributed by atoms with Crippen LogP contribution in [-0.4, -0.2) is 38.8 Å². The smallest absolute Gasteiger partial charge is 0.223 e. The van der Waals surface area contributed by atoms with Crippen LogP contribution in [0.5, 0.6) is 5.75 Å². The molecule has 1 amide bonds. The van der Waals surface area contributed by atoms with Crippen LogP contribution in [0.4, 0.5) is 0 Å². The van der Waals surface area contributed by atoms with Crippen LogP contribution < -0.4 is 15.4 Å². The molecule has 1 aliphatic heterocycles. The van der Waals surface area contributed by atoms with E-state index >= 15 is 0 Å². The molecule has 2 atom stereocenters. The van der Waals surface area contributed by atoms with Gasteiger partial charge in [0, 0.05) is 38.6 Å². The number of benzene rings is 1. The van der Waals surface area contributed by atoms with Crippen LogP contribution in [0.3, 0.4) is 0 Å². The molecule has 1 aromatic carbocycles. The predicted molar refractivity (Wildman–Crippen MR) is 90.5 cm³/mol. The Morgan fingerprint density at radius 3 is 3.04 bits per heavy atom. The molecule has 0 radical (unpaired) electrons. The van der Waals surface area contributed by atoms with Gasteiger partial charge in [-0.2, -0.15) is 0 Å². The lowest BCUT2D eigenvalue weighted by molar-refractivity contribution is -0.126. The number of carbonyl (C=O) groups is 1. The molecule has 1 heterocycles. The molecule has 1 aromatic rings. The fourth-order valence-electron chi connectivity index (χ4n) is 2.84. The molecule has 1 fully saturated rings. The standard InChI is InChI=1S/C18H28N2O3/c1-14-11-16(7-8-19-14)18(21)20-13-15-5-3-6-17(12-15)23-10-4-9-22-2/h3,5-6,12,14,16,19H,4,7-11,13H2,1-2H3,(H,20,21)/t14-,16-/m0/s1. The average molecular weight is 320 g/mol. The molecule has 2 N–H and O–H groups in total. The maximum Gasteiger partial charge on any atom is 0.223 e. The summed E-state index contributed by atoms with van der Waals surface area (Å²) in [6.45, 7) is 4.93. The summed E-state index contributed by atoms with van der Waals surface area (Å²) >= 11 is 0. The minimum absolute atomic E-state index is 0.125. The first-order valence-electron chi connectivity index (χ1n) is 8.41. The van der Waals surface area contributed by atoms with Crippen molar-refractivity contribution in [3.63, 3.8) is 0 Å². The third-order valence-corrected chi connectivity index (χ3v) is 4.12. The Bertz CT molecular complexity index is 493. The highest BCUT2D eigenvalue weighted by molar-refractivity contribution is 5.78. The number of carbonyl (C=O) groups excluding carboxylic acids is 1. The molecule has 128 valence electrons. The normalized spacial score (nSPS) is 21.0. The number of methoxy groups -OCH3 is 1. The summed E-state index contributed by atoms with van der Waals surface area (Å²) in [5.41, 5.74) is 1.06. The molecule has 23 heavy (non-hydrogen) atoms. The van der Waals surface area contributed by atoms with Crippen LogP contribution in [0.1, 0.15) is 31.7 Å². The highest BCUT2D eigenvalue weighted by Gasteiger charge is 2.24. The van der Waals surface area contributed by atoms with Crippen LogP contribution in [0.15, 0.2) is 24.3 Å². The fourth-order valence-corrected chi connectivity index (χ4v) is 2.84. The zero-order chi connectivity index (χ0) is 16.5. The second-order valence-corrected chi connectivity index (χ2v) is 6.14. The summed E-state index contributed by atoms with van der Waals surface area (Å²) in [5.74, 6) is 1.12. The van der Waals surface area contributed by atoms with Gasteiger partial charge in [-0.15, -0.1) is 0 Å². The molecule has 1 saturated heterocycles. The molecule has 0 aromatic heterocycles. The number of piperidine rings is 1. The van der Waals surface area contributed by atoms with Crippen molar-refractivity contribution in [3.05, 3.63) is 29.8 Å². The van der Waals surface area contributed by atoms with Crippen LogP contribution >= 0.6 is 0 Å². The summed E-state index contributed by atoms with van der Waals surface area (Å²) in [7, 11) is 1.69. The predicted octanol–water partition coefficient (Wildman–Crippen LogP) is 2.11. The van der Waals surface area contributed by atoms with Gasteiger partial charge in [0.05, 0.1) is 6.61 Å². The minimum atomic E-state index is 0.125. The maximum atomic E-state index is 12.3. The van der Waals surface area contributed by atoms with E-state index in [1.165, 1.54) is 0 Å². The third kappa shape index (κ3) is 6.20. The highest BCUT2D eigenvalue weighted by Crippen LogP contribution is 2.17. The van der Waals surface area contributed by atoms with Gasteiger partial charge in [0.15, 0.2) is 0 Å². The molecule has 5 heteroatoms. The number of amides is 1. The minimum Gasteiger partial charge on any atom is -0.493 e. The van der Waals surface area contributed by atoms with E-state index in [1.54, 1.807) is 7.11 Å². The largest absolute Gasteiger partial charge is 0.493 e. The summed E-state index contributed by atoms with van der Waals surface area (Å²) in [6, 6.07) is 8.31. The molecule has 0 saturated carbocycles. The monoisotopic (exact) mass is 320 g/mol. The second-order valence-electron chi connectivity index (χ2n) is 6.14. The third-order valence-electron chi connectivity index (χ3n) is 4.12. The van der Waals surface area contributed by atoms with Gasteiger partial charge in [-0.1, -0.05) is 12.1 Å². The lowest BCUT2D eigenvalue weighted by Crippen LogP contribution is -2.42.